The zero-order valence-corrected chi connectivity index (χ0v) is 17.0. The van der Waals surface area contributed by atoms with Crippen LogP contribution >= 0.6 is 15.9 Å². The molecule has 0 bridgehead atoms. The molecule has 2 rings (SSSR count). The van der Waals surface area contributed by atoms with Crippen molar-refractivity contribution in [2.24, 2.45) is 5.73 Å². The molecule has 144 valence electrons. The Bertz CT molecular complexity index is 788. The van der Waals surface area contributed by atoms with E-state index >= 15 is 0 Å². The predicted octanol–water partition coefficient (Wildman–Crippen LogP) is 2.02. The summed E-state index contributed by atoms with van der Waals surface area (Å²) in [6.07, 6.45) is -1.66. The molecule has 10 heteroatoms. The van der Waals surface area contributed by atoms with Crippen molar-refractivity contribution in [2.45, 2.75) is 49.8 Å². The highest BCUT2D eigenvalue weighted by Gasteiger charge is 2.42. The SMILES string of the molecule is CC(C)(C)OC(=O)N1CC(OS(=O)(=O)c2ccc(Br)cc2)CC1C(N)=O. The number of rotatable bonds is 4. The third kappa shape index (κ3) is 5.18. The summed E-state index contributed by atoms with van der Waals surface area (Å²) in [4.78, 5) is 25.0. The third-order valence-electron chi connectivity index (χ3n) is 3.58. The summed E-state index contributed by atoms with van der Waals surface area (Å²) in [6.45, 7) is 4.95. The fourth-order valence-corrected chi connectivity index (χ4v) is 3.84. The fourth-order valence-electron chi connectivity index (χ4n) is 2.50. The van der Waals surface area contributed by atoms with Gasteiger partial charge in [-0.2, -0.15) is 8.42 Å². The summed E-state index contributed by atoms with van der Waals surface area (Å²) in [7, 11) is -4.05. The number of ether oxygens (including phenoxy) is 1. The van der Waals surface area contributed by atoms with Crippen molar-refractivity contribution in [3.05, 3.63) is 28.7 Å². The van der Waals surface area contributed by atoms with Crippen molar-refractivity contribution >= 4 is 38.0 Å². The molecule has 2 amide bonds. The van der Waals surface area contributed by atoms with Crippen LogP contribution in [0.5, 0.6) is 0 Å². The Labute approximate surface area is 160 Å². The molecular formula is C16H21BrN2O6S. The first kappa shape index (κ1) is 20.7. The summed E-state index contributed by atoms with van der Waals surface area (Å²) < 4.78 is 36.0. The van der Waals surface area contributed by atoms with E-state index in [2.05, 4.69) is 15.9 Å². The molecule has 1 fully saturated rings. The average molecular weight is 449 g/mol. The van der Waals surface area contributed by atoms with Crippen molar-refractivity contribution in [3.63, 3.8) is 0 Å². The average Bonchev–Trinajstić information content (AvgIpc) is 2.89. The summed E-state index contributed by atoms with van der Waals surface area (Å²) in [5.74, 6) is -0.747. The van der Waals surface area contributed by atoms with Crippen LogP contribution in [0.3, 0.4) is 0 Å². The van der Waals surface area contributed by atoms with Gasteiger partial charge in [-0.1, -0.05) is 15.9 Å². The Hall–Kier alpha value is -1.65. The molecule has 26 heavy (non-hydrogen) atoms. The highest BCUT2D eigenvalue weighted by atomic mass is 79.9. The Kier molecular flexibility index (Phi) is 5.99. The minimum Gasteiger partial charge on any atom is -0.444 e. The molecule has 1 aliphatic rings. The van der Waals surface area contributed by atoms with Crippen LogP contribution in [0.2, 0.25) is 0 Å². The van der Waals surface area contributed by atoms with Crippen molar-refractivity contribution in [3.8, 4) is 0 Å². The van der Waals surface area contributed by atoms with Crippen LogP contribution in [0, 0.1) is 0 Å². The molecule has 2 N–H and O–H groups in total. The number of carbonyl (C=O) groups excluding carboxylic acids is 2. The summed E-state index contributed by atoms with van der Waals surface area (Å²) in [5, 5.41) is 0. The maximum Gasteiger partial charge on any atom is 0.411 e. The van der Waals surface area contributed by atoms with Crippen LogP contribution in [-0.2, 0) is 23.8 Å². The van der Waals surface area contributed by atoms with E-state index < -0.39 is 39.9 Å². The second-order valence-electron chi connectivity index (χ2n) is 6.91. The van der Waals surface area contributed by atoms with Gasteiger partial charge in [0.15, 0.2) is 0 Å². The molecule has 2 atom stereocenters. The maximum absolute atomic E-state index is 12.4. The number of primary amides is 1. The van der Waals surface area contributed by atoms with Crippen LogP contribution in [0.25, 0.3) is 0 Å². The lowest BCUT2D eigenvalue weighted by Crippen LogP contribution is -2.45. The smallest absolute Gasteiger partial charge is 0.411 e. The number of halogens is 1. The fraction of sp³-hybridized carbons (Fsp3) is 0.500. The predicted molar refractivity (Wildman–Crippen MR) is 96.7 cm³/mol. The quantitative estimate of drug-likeness (QED) is 0.704. The minimum atomic E-state index is -4.05. The van der Waals surface area contributed by atoms with Crippen LogP contribution in [0.1, 0.15) is 27.2 Å². The first-order valence-electron chi connectivity index (χ1n) is 7.87. The molecule has 1 heterocycles. The molecule has 1 aromatic carbocycles. The van der Waals surface area contributed by atoms with Gasteiger partial charge in [-0.25, -0.2) is 4.79 Å². The van der Waals surface area contributed by atoms with Gasteiger partial charge < -0.3 is 10.5 Å². The lowest BCUT2D eigenvalue weighted by molar-refractivity contribution is -0.122. The van der Waals surface area contributed by atoms with Gasteiger partial charge in [-0.3, -0.25) is 13.9 Å². The molecular weight excluding hydrogens is 428 g/mol. The first-order chi connectivity index (χ1) is 11.9. The topological polar surface area (TPSA) is 116 Å². The monoisotopic (exact) mass is 448 g/mol. The number of carbonyl (C=O) groups is 2. The largest absolute Gasteiger partial charge is 0.444 e. The van der Waals surface area contributed by atoms with Gasteiger partial charge >= 0.3 is 6.09 Å². The maximum atomic E-state index is 12.4. The molecule has 0 spiro atoms. The minimum absolute atomic E-state index is 0.0213. The van der Waals surface area contributed by atoms with Crippen LogP contribution in [0.4, 0.5) is 4.79 Å². The standard InChI is InChI=1S/C16H21BrN2O6S/c1-16(2,3)24-15(21)19-9-11(8-13(19)14(18)20)25-26(22,23)12-6-4-10(17)5-7-12/h4-7,11,13H,8-9H2,1-3H3,(H2,18,20). The molecule has 0 aromatic heterocycles. The van der Waals surface area contributed by atoms with Crippen molar-refractivity contribution in [2.75, 3.05) is 6.54 Å². The van der Waals surface area contributed by atoms with Gasteiger partial charge in [0.1, 0.15) is 11.6 Å². The summed E-state index contributed by atoms with van der Waals surface area (Å²) in [6, 6.07) is 4.95. The van der Waals surface area contributed by atoms with E-state index in [4.69, 9.17) is 14.7 Å². The molecule has 1 saturated heterocycles. The number of benzene rings is 1. The molecule has 0 radical (unpaired) electrons. The highest BCUT2D eigenvalue weighted by molar-refractivity contribution is 9.10. The lowest BCUT2D eigenvalue weighted by Gasteiger charge is -2.27. The van der Waals surface area contributed by atoms with Crippen LogP contribution in [0.15, 0.2) is 33.6 Å². The van der Waals surface area contributed by atoms with Crippen molar-refractivity contribution < 1.29 is 26.9 Å². The van der Waals surface area contributed by atoms with Gasteiger partial charge in [0.05, 0.1) is 17.5 Å². The lowest BCUT2D eigenvalue weighted by atomic mass is 10.2. The summed E-state index contributed by atoms with van der Waals surface area (Å²) in [5.41, 5.74) is 4.58. The second kappa shape index (κ2) is 7.53. The number of hydrogen-bond acceptors (Lipinski definition) is 6. The van der Waals surface area contributed by atoms with Crippen LogP contribution in [-0.4, -0.2) is 49.6 Å². The Morgan fingerprint density at radius 3 is 2.31 bits per heavy atom. The molecule has 2 unspecified atom stereocenters. The number of likely N-dealkylation sites (tertiary alicyclic amines) is 1. The highest BCUT2D eigenvalue weighted by Crippen LogP contribution is 2.26. The first-order valence-corrected chi connectivity index (χ1v) is 10.1. The van der Waals surface area contributed by atoms with Crippen molar-refractivity contribution in [1.82, 2.24) is 4.90 Å². The van der Waals surface area contributed by atoms with E-state index in [1.807, 2.05) is 0 Å². The van der Waals surface area contributed by atoms with E-state index in [0.717, 1.165) is 9.37 Å². The van der Waals surface area contributed by atoms with E-state index in [-0.39, 0.29) is 17.9 Å². The Morgan fingerprint density at radius 2 is 1.81 bits per heavy atom. The van der Waals surface area contributed by atoms with Gasteiger partial charge in [0, 0.05) is 10.9 Å². The molecule has 0 aliphatic carbocycles. The second-order valence-corrected chi connectivity index (χ2v) is 9.40. The molecule has 8 nitrogen and oxygen atoms in total. The van der Waals surface area contributed by atoms with E-state index in [0.29, 0.717) is 0 Å². The summed E-state index contributed by atoms with van der Waals surface area (Å²) >= 11 is 3.23. The van der Waals surface area contributed by atoms with Crippen LogP contribution < -0.4 is 5.73 Å². The third-order valence-corrected chi connectivity index (χ3v) is 5.49. The molecule has 0 saturated carbocycles. The van der Waals surface area contributed by atoms with E-state index in [1.54, 1.807) is 32.9 Å². The Balaban J connectivity index is 2.15. The van der Waals surface area contributed by atoms with Crippen molar-refractivity contribution in [1.29, 1.82) is 0 Å². The Morgan fingerprint density at radius 1 is 1.23 bits per heavy atom. The molecule has 1 aromatic rings. The van der Waals surface area contributed by atoms with Gasteiger partial charge in [0.2, 0.25) is 5.91 Å². The normalized spacial score (nSPS) is 20.8. The zero-order valence-electron chi connectivity index (χ0n) is 14.6. The number of nitrogens with zero attached hydrogens (tertiary/aromatic N) is 1. The number of amides is 2. The van der Waals surface area contributed by atoms with E-state index in [9.17, 15) is 18.0 Å². The number of nitrogens with two attached hydrogens (primary N) is 1. The van der Waals surface area contributed by atoms with E-state index in [1.165, 1.54) is 12.1 Å². The number of hydrogen-bond donors (Lipinski definition) is 1. The van der Waals surface area contributed by atoms with Gasteiger partial charge in [-0.05, 0) is 45.0 Å². The molecule has 1 aliphatic heterocycles. The van der Waals surface area contributed by atoms with Gasteiger partial charge in [-0.15, -0.1) is 0 Å². The zero-order chi connectivity index (χ0) is 19.7. The van der Waals surface area contributed by atoms with Gasteiger partial charge in [0.25, 0.3) is 10.1 Å².